The van der Waals surface area contributed by atoms with Crippen molar-refractivity contribution in [3.8, 4) is 11.4 Å². The SMILES string of the molecule is O=C(Nc1ccc(-c2nc3ccc(NC(=O)C4CC=CCC4)cc3[nH]2)cc1)C1CC=CCC1. The van der Waals surface area contributed by atoms with Crippen LogP contribution in [0.3, 0.4) is 0 Å². The van der Waals surface area contributed by atoms with Crippen LogP contribution < -0.4 is 10.6 Å². The van der Waals surface area contributed by atoms with Crippen LogP contribution in [0, 0.1) is 11.8 Å². The van der Waals surface area contributed by atoms with Gasteiger partial charge in [-0.2, -0.15) is 0 Å². The smallest absolute Gasteiger partial charge is 0.227 e. The number of fused-ring (bicyclic) bond motifs is 1. The van der Waals surface area contributed by atoms with E-state index in [2.05, 4.69) is 44.9 Å². The van der Waals surface area contributed by atoms with Crippen LogP contribution in [0.25, 0.3) is 22.4 Å². The molecule has 2 amide bonds. The number of carbonyl (C=O) groups excluding carboxylic acids is 2. The number of rotatable bonds is 5. The van der Waals surface area contributed by atoms with Crippen LogP contribution in [-0.4, -0.2) is 21.8 Å². The second kappa shape index (κ2) is 9.45. The zero-order valence-corrected chi connectivity index (χ0v) is 18.5. The van der Waals surface area contributed by atoms with Crippen molar-refractivity contribution in [1.29, 1.82) is 0 Å². The molecular weight excluding hydrogens is 412 g/mol. The summed E-state index contributed by atoms with van der Waals surface area (Å²) in [5, 5.41) is 6.06. The fourth-order valence-electron chi connectivity index (χ4n) is 4.49. The van der Waals surface area contributed by atoms with Gasteiger partial charge in [-0.25, -0.2) is 4.98 Å². The Kier molecular flexibility index (Phi) is 6.07. The highest BCUT2D eigenvalue weighted by molar-refractivity contribution is 5.95. The van der Waals surface area contributed by atoms with Crippen LogP contribution in [0.1, 0.15) is 38.5 Å². The van der Waals surface area contributed by atoms with Gasteiger partial charge in [-0.05, 0) is 81.0 Å². The summed E-state index contributed by atoms with van der Waals surface area (Å²) in [6.45, 7) is 0. The van der Waals surface area contributed by atoms with E-state index in [1.165, 1.54) is 0 Å². The Morgan fingerprint density at radius 2 is 1.39 bits per heavy atom. The normalized spacial score (nSPS) is 20.0. The summed E-state index contributed by atoms with van der Waals surface area (Å²) in [5.41, 5.74) is 4.20. The molecule has 2 aliphatic carbocycles. The van der Waals surface area contributed by atoms with Gasteiger partial charge in [0.05, 0.1) is 11.0 Å². The highest BCUT2D eigenvalue weighted by atomic mass is 16.2. The molecule has 0 saturated carbocycles. The van der Waals surface area contributed by atoms with E-state index in [0.717, 1.165) is 72.3 Å². The van der Waals surface area contributed by atoms with Gasteiger partial charge >= 0.3 is 0 Å². The number of hydrogen-bond donors (Lipinski definition) is 3. The second-order valence-electron chi connectivity index (χ2n) is 8.84. The number of amides is 2. The lowest BCUT2D eigenvalue weighted by Gasteiger charge is -2.17. The van der Waals surface area contributed by atoms with Gasteiger partial charge in [-0.1, -0.05) is 24.3 Å². The predicted octanol–water partition coefficient (Wildman–Crippen LogP) is 5.82. The summed E-state index contributed by atoms with van der Waals surface area (Å²) >= 11 is 0. The molecule has 0 aliphatic heterocycles. The van der Waals surface area contributed by atoms with E-state index >= 15 is 0 Å². The molecule has 6 nitrogen and oxygen atoms in total. The molecule has 0 bridgehead atoms. The largest absolute Gasteiger partial charge is 0.338 e. The zero-order chi connectivity index (χ0) is 22.6. The van der Waals surface area contributed by atoms with E-state index in [0.29, 0.717) is 0 Å². The van der Waals surface area contributed by atoms with Gasteiger partial charge in [0.1, 0.15) is 5.82 Å². The van der Waals surface area contributed by atoms with Crippen LogP contribution in [0.2, 0.25) is 0 Å². The first-order chi connectivity index (χ1) is 16.2. The quantitative estimate of drug-likeness (QED) is 0.437. The highest BCUT2D eigenvalue weighted by Crippen LogP contribution is 2.26. The van der Waals surface area contributed by atoms with Crippen LogP contribution in [0.15, 0.2) is 66.8 Å². The number of aromatic nitrogens is 2. The third-order valence-corrected chi connectivity index (χ3v) is 6.45. The maximum absolute atomic E-state index is 12.5. The summed E-state index contributed by atoms with van der Waals surface area (Å²) in [6.07, 6.45) is 13.8. The van der Waals surface area contributed by atoms with Crippen molar-refractivity contribution in [3.63, 3.8) is 0 Å². The number of nitrogens with zero attached hydrogens (tertiary/aromatic N) is 1. The summed E-state index contributed by atoms with van der Waals surface area (Å²) in [4.78, 5) is 33.0. The van der Waals surface area contributed by atoms with Gasteiger partial charge in [0, 0.05) is 28.8 Å². The number of benzene rings is 2. The van der Waals surface area contributed by atoms with E-state index in [1.54, 1.807) is 0 Å². The number of hydrogen-bond acceptors (Lipinski definition) is 3. The highest BCUT2D eigenvalue weighted by Gasteiger charge is 2.20. The molecule has 2 aromatic carbocycles. The summed E-state index contributed by atoms with van der Waals surface area (Å²) in [7, 11) is 0. The Morgan fingerprint density at radius 1 is 0.788 bits per heavy atom. The van der Waals surface area contributed by atoms with Crippen molar-refractivity contribution in [3.05, 3.63) is 66.8 Å². The Balaban J connectivity index is 1.26. The molecule has 0 spiro atoms. The number of allylic oxidation sites excluding steroid dienone is 4. The number of carbonyl (C=O) groups is 2. The molecule has 0 fully saturated rings. The topological polar surface area (TPSA) is 86.9 Å². The fourth-order valence-corrected chi connectivity index (χ4v) is 4.49. The lowest BCUT2D eigenvalue weighted by Crippen LogP contribution is -2.23. The average molecular weight is 441 g/mol. The van der Waals surface area contributed by atoms with Crippen molar-refractivity contribution in [2.75, 3.05) is 10.6 Å². The number of imidazole rings is 1. The minimum Gasteiger partial charge on any atom is -0.338 e. The number of H-pyrrole nitrogens is 1. The predicted molar refractivity (Wildman–Crippen MR) is 132 cm³/mol. The zero-order valence-electron chi connectivity index (χ0n) is 18.5. The van der Waals surface area contributed by atoms with E-state index in [1.807, 2.05) is 42.5 Å². The van der Waals surface area contributed by atoms with E-state index in [9.17, 15) is 9.59 Å². The molecule has 6 heteroatoms. The number of anilines is 2. The molecule has 33 heavy (non-hydrogen) atoms. The third-order valence-electron chi connectivity index (χ3n) is 6.45. The molecule has 3 N–H and O–H groups in total. The molecule has 5 rings (SSSR count). The number of nitrogens with one attached hydrogen (secondary N) is 3. The Morgan fingerprint density at radius 3 is 2.00 bits per heavy atom. The van der Waals surface area contributed by atoms with Crippen molar-refractivity contribution in [2.45, 2.75) is 38.5 Å². The summed E-state index contributed by atoms with van der Waals surface area (Å²) in [5.74, 6) is 0.988. The van der Waals surface area contributed by atoms with Crippen LogP contribution in [0.5, 0.6) is 0 Å². The minimum atomic E-state index is 0.0385. The van der Waals surface area contributed by atoms with Crippen molar-refractivity contribution >= 4 is 34.2 Å². The lowest BCUT2D eigenvalue weighted by atomic mass is 9.93. The molecule has 2 unspecified atom stereocenters. The van der Waals surface area contributed by atoms with Gasteiger partial charge in [-0.3, -0.25) is 9.59 Å². The van der Waals surface area contributed by atoms with Crippen molar-refractivity contribution < 1.29 is 9.59 Å². The number of aromatic amines is 1. The van der Waals surface area contributed by atoms with E-state index in [4.69, 9.17) is 0 Å². The van der Waals surface area contributed by atoms with Crippen LogP contribution in [0.4, 0.5) is 11.4 Å². The van der Waals surface area contributed by atoms with Crippen LogP contribution in [-0.2, 0) is 9.59 Å². The van der Waals surface area contributed by atoms with E-state index < -0.39 is 0 Å². The molecule has 0 radical (unpaired) electrons. The van der Waals surface area contributed by atoms with Gasteiger partial charge < -0.3 is 15.6 Å². The summed E-state index contributed by atoms with van der Waals surface area (Å²) < 4.78 is 0. The van der Waals surface area contributed by atoms with Gasteiger partial charge in [0.15, 0.2) is 0 Å². The molecule has 2 atom stereocenters. The minimum absolute atomic E-state index is 0.0385. The Labute approximate surface area is 193 Å². The molecule has 0 saturated heterocycles. The fraction of sp³-hybridized carbons (Fsp3) is 0.296. The molecule has 1 heterocycles. The molecule has 2 aliphatic rings. The molecule has 168 valence electrons. The Hall–Kier alpha value is -3.67. The standard InChI is InChI=1S/C27H28N4O2/c32-26(19-7-3-1-4-8-19)28-21-13-11-18(12-14-21)25-30-23-16-15-22(17-24(23)31-25)29-27(33)20-9-5-2-6-10-20/h1-3,5,11-17,19-20H,4,6-10H2,(H,28,32)(H,29,33)(H,30,31). The first kappa shape index (κ1) is 21.2. The molecule has 3 aromatic rings. The second-order valence-corrected chi connectivity index (χ2v) is 8.84. The molecular formula is C27H28N4O2. The first-order valence-electron chi connectivity index (χ1n) is 11.7. The third kappa shape index (κ3) is 4.90. The van der Waals surface area contributed by atoms with Crippen molar-refractivity contribution in [2.24, 2.45) is 11.8 Å². The molecule has 1 aromatic heterocycles. The summed E-state index contributed by atoms with van der Waals surface area (Å²) in [6, 6.07) is 13.4. The van der Waals surface area contributed by atoms with Gasteiger partial charge in [0.2, 0.25) is 11.8 Å². The monoisotopic (exact) mass is 440 g/mol. The van der Waals surface area contributed by atoms with Crippen molar-refractivity contribution in [1.82, 2.24) is 9.97 Å². The lowest BCUT2D eigenvalue weighted by molar-refractivity contribution is -0.120. The van der Waals surface area contributed by atoms with Gasteiger partial charge in [0.25, 0.3) is 0 Å². The maximum Gasteiger partial charge on any atom is 0.227 e. The van der Waals surface area contributed by atoms with Crippen LogP contribution >= 0.6 is 0 Å². The van der Waals surface area contributed by atoms with E-state index in [-0.39, 0.29) is 23.7 Å². The average Bonchev–Trinajstić information content (AvgIpc) is 3.29. The van der Waals surface area contributed by atoms with Gasteiger partial charge in [-0.15, -0.1) is 0 Å². The first-order valence-corrected chi connectivity index (χ1v) is 11.7. The maximum atomic E-state index is 12.5. The Bertz CT molecular complexity index is 1220.